The van der Waals surface area contributed by atoms with Gasteiger partial charge < -0.3 is 20.5 Å². The molecular weight excluding hydrogens is 448 g/mol. The highest BCUT2D eigenvalue weighted by atomic mass is 19.1. The minimum atomic E-state index is -1.18. The highest BCUT2D eigenvalue weighted by Crippen LogP contribution is 2.41. The normalized spacial score (nSPS) is 16.4. The number of hydrogen-bond donors (Lipinski definition) is 2. The summed E-state index contributed by atoms with van der Waals surface area (Å²) < 4.78 is 35.5. The molecule has 2 amide bonds. The summed E-state index contributed by atoms with van der Waals surface area (Å²) in [7, 11) is 0. The van der Waals surface area contributed by atoms with Crippen molar-refractivity contribution in [3.05, 3.63) is 52.7 Å². The lowest BCUT2D eigenvalue weighted by Gasteiger charge is -2.30. The minimum Gasteiger partial charge on any atom is -0.460 e. The molecule has 2 aromatic rings. The van der Waals surface area contributed by atoms with Gasteiger partial charge >= 0.3 is 5.97 Å². The summed E-state index contributed by atoms with van der Waals surface area (Å²) in [6.45, 7) is 6.04. The quantitative estimate of drug-likeness (QED) is 0.594. The van der Waals surface area contributed by atoms with Crippen LogP contribution >= 0.6 is 0 Å². The summed E-state index contributed by atoms with van der Waals surface area (Å²) in [4.78, 5) is 42.5. The number of pyridine rings is 1. The molecule has 10 heteroatoms. The van der Waals surface area contributed by atoms with E-state index in [1.54, 1.807) is 20.8 Å². The summed E-state index contributed by atoms with van der Waals surface area (Å²) in [6, 6.07) is 1.75. The van der Waals surface area contributed by atoms with E-state index in [1.165, 1.54) is 31.3 Å². The summed E-state index contributed by atoms with van der Waals surface area (Å²) in [5.41, 5.74) is 4.27. The Balaban J connectivity index is 1.95. The molecule has 3 rings (SSSR count). The third-order valence-electron chi connectivity index (χ3n) is 5.58. The number of nitrogens with two attached hydrogens (primary N) is 1. The highest BCUT2D eigenvalue weighted by Gasteiger charge is 2.43. The second-order valence-electron chi connectivity index (χ2n) is 9.11. The third-order valence-corrected chi connectivity index (χ3v) is 5.58. The predicted molar refractivity (Wildman–Crippen MR) is 118 cm³/mol. The van der Waals surface area contributed by atoms with E-state index in [9.17, 15) is 23.9 Å². The Morgan fingerprint density at radius 2 is 1.85 bits per heavy atom. The van der Waals surface area contributed by atoms with E-state index in [2.05, 4.69) is 4.98 Å². The van der Waals surface area contributed by atoms with Crippen LogP contribution in [0.15, 0.2) is 24.4 Å². The van der Waals surface area contributed by atoms with E-state index in [0.29, 0.717) is 0 Å². The number of primary amides is 1. The maximum absolute atomic E-state index is 15.6. The van der Waals surface area contributed by atoms with E-state index in [0.717, 1.165) is 4.90 Å². The Kier molecular flexibility index (Phi) is 7.02. The zero-order valence-electron chi connectivity index (χ0n) is 19.4. The lowest BCUT2D eigenvalue weighted by molar-refractivity contribution is -0.155. The fourth-order valence-corrected chi connectivity index (χ4v) is 4.10. The number of aliphatic hydroxyl groups excluding tert-OH is 1. The van der Waals surface area contributed by atoms with Gasteiger partial charge in [0.15, 0.2) is 5.82 Å². The standard InChI is InChI=1S/C24H27F2N3O5/c1-12-18-14(5-6-15(20(18)26)21-19(25)13(11-30)9-10-28-21)23(33)29(12)16(22(27)32)7-8-17(31)34-24(2,3)4/h5-6,9-10,12,16,30H,7-8,11H2,1-4H3,(H2,27,32)/t12-,16?/m1/s1. The van der Waals surface area contributed by atoms with Crippen molar-refractivity contribution in [2.45, 2.75) is 64.8 Å². The first-order chi connectivity index (χ1) is 15.9. The van der Waals surface area contributed by atoms with Gasteiger partial charge in [-0.2, -0.15) is 0 Å². The molecule has 0 fully saturated rings. The first-order valence-electron chi connectivity index (χ1n) is 10.8. The molecule has 0 spiro atoms. The molecule has 1 aliphatic heterocycles. The van der Waals surface area contributed by atoms with Crippen molar-refractivity contribution in [2.24, 2.45) is 5.73 Å². The summed E-state index contributed by atoms with van der Waals surface area (Å²) >= 11 is 0. The molecule has 8 nitrogen and oxygen atoms in total. The predicted octanol–water partition coefficient (Wildman–Crippen LogP) is 3.01. The van der Waals surface area contributed by atoms with E-state index < -0.39 is 53.7 Å². The molecule has 1 aromatic carbocycles. The number of benzene rings is 1. The first kappa shape index (κ1) is 25.2. The molecule has 1 aliphatic rings. The molecule has 2 atom stereocenters. The second-order valence-corrected chi connectivity index (χ2v) is 9.11. The van der Waals surface area contributed by atoms with Gasteiger partial charge in [-0.25, -0.2) is 8.78 Å². The molecule has 1 aromatic heterocycles. The third kappa shape index (κ3) is 4.77. The number of halogens is 2. The second kappa shape index (κ2) is 9.46. The molecule has 0 saturated carbocycles. The van der Waals surface area contributed by atoms with Crippen LogP contribution in [-0.4, -0.2) is 44.4 Å². The van der Waals surface area contributed by atoms with Gasteiger partial charge in [0.25, 0.3) is 5.91 Å². The highest BCUT2D eigenvalue weighted by molar-refractivity contribution is 6.02. The molecular formula is C24H27F2N3O5. The van der Waals surface area contributed by atoms with Crippen molar-refractivity contribution < 1.29 is 33.0 Å². The Morgan fingerprint density at radius 3 is 2.44 bits per heavy atom. The lowest BCUT2D eigenvalue weighted by Crippen LogP contribution is -2.46. The number of rotatable bonds is 7. The molecule has 2 heterocycles. The zero-order chi connectivity index (χ0) is 25.4. The van der Waals surface area contributed by atoms with Crippen LogP contribution in [0.1, 0.15) is 68.1 Å². The number of amides is 2. The van der Waals surface area contributed by atoms with Crippen molar-refractivity contribution in [1.82, 2.24) is 9.88 Å². The van der Waals surface area contributed by atoms with E-state index >= 15 is 4.39 Å². The maximum atomic E-state index is 15.6. The van der Waals surface area contributed by atoms with Crippen LogP contribution in [0.5, 0.6) is 0 Å². The molecule has 0 radical (unpaired) electrons. The zero-order valence-corrected chi connectivity index (χ0v) is 19.4. The average Bonchev–Trinajstić information content (AvgIpc) is 2.99. The number of nitrogens with zero attached hydrogens (tertiary/aromatic N) is 2. The van der Waals surface area contributed by atoms with Crippen LogP contribution < -0.4 is 5.73 Å². The van der Waals surface area contributed by atoms with Crippen LogP contribution in [0.25, 0.3) is 11.3 Å². The molecule has 1 unspecified atom stereocenters. The van der Waals surface area contributed by atoms with Crippen LogP contribution in [0.2, 0.25) is 0 Å². The number of carbonyl (C=O) groups is 3. The summed E-state index contributed by atoms with van der Waals surface area (Å²) in [5, 5.41) is 9.30. The van der Waals surface area contributed by atoms with Gasteiger partial charge in [-0.15, -0.1) is 0 Å². The van der Waals surface area contributed by atoms with Gasteiger partial charge in [-0.1, -0.05) is 0 Å². The fourth-order valence-electron chi connectivity index (χ4n) is 4.10. The van der Waals surface area contributed by atoms with Gasteiger partial charge in [-0.3, -0.25) is 19.4 Å². The average molecular weight is 475 g/mol. The molecule has 0 bridgehead atoms. The number of fused-ring (bicyclic) bond motifs is 1. The Hall–Kier alpha value is -3.40. The van der Waals surface area contributed by atoms with Crippen LogP contribution in [0.3, 0.4) is 0 Å². The van der Waals surface area contributed by atoms with Crippen LogP contribution in [0, 0.1) is 11.6 Å². The molecule has 0 aliphatic carbocycles. The van der Waals surface area contributed by atoms with Crippen molar-refractivity contribution in [1.29, 1.82) is 0 Å². The van der Waals surface area contributed by atoms with Gasteiger partial charge in [0.1, 0.15) is 23.2 Å². The number of aliphatic hydroxyl groups is 1. The van der Waals surface area contributed by atoms with Crippen molar-refractivity contribution in [3.8, 4) is 11.3 Å². The Labute approximate surface area is 195 Å². The monoisotopic (exact) mass is 475 g/mol. The maximum Gasteiger partial charge on any atom is 0.306 e. The van der Waals surface area contributed by atoms with Gasteiger partial charge in [0, 0.05) is 34.9 Å². The van der Waals surface area contributed by atoms with E-state index in [4.69, 9.17) is 10.5 Å². The molecule has 0 saturated heterocycles. The number of carbonyl (C=O) groups excluding carboxylic acids is 3. The lowest BCUT2D eigenvalue weighted by atomic mass is 9.98. The first-order valence-corrected chi connectivity index (χ1v) is 10.8. The van der Waals surface area contributed by atoms with Crippen molar-refractivity contribution >= 4 is 17.8 Å². The van der Waals surface area contributed by atoms with Gasteiger partial charge in [0.2, 0.25) is 5.91 Å². The largest absolute Gasteiger partial charge is 0.460 e. The van der Waals surface area contributed by atoms with Crippen molar-refractivity contribution in [3.63, 3.8) is 0 Å². The smallest absolute Gasteiger partial charge is 0.306 e. The Bertz CT molecular complexity index is 1150. The fraction of sp³-hybridized carbons (Fsp3) is 0.417. The van der Waals surface area contributed by atoms with Crippen LogP contribution in [-0.2, 0) is 20.9 Å². The number of aromatic nitrogens is 1. The van der Waals surface area contributed by atoms with Gasteiger partial charge in [0.05, 0.1) is 12.6 Å². The molecule has 34 heavy (non-hydrogen) atoms. The van der Waals surface area contributed by atoms with Crippen LogP contribution in [0.4, 0.5) is 8.78 Å². The SMILES string of the molecule is C[C@@H]1c2c(ccc(-c3nccc(CO)c3F)c2F)C(=O)N1C(CCC(=O)OC(C)(C)C)C(N)=O. The van der Waals surface area contributed by atoms with E-state index in [1.807, 2.05) is 0 Å². The van der Waals surface area contributed by atoms with Gasteiger partial charge in [-0.05, 0) is 52.3 Å². The van der Waals surface area contributed by atoms with E-state index in [-0.39, 0.29) is 40.8 Å². The molecule has 182 valence electrons. The Morgan fingerprint density at radius 1 is 1.21 bits per heavy atom. The minimum absolute atomic E-state index is 0.0102. The topological polar surface area (TPSA) is 123 Å². The van der Waals surface area contributed by atoms with Crippen molar-refractivity contribution in [2.75, 3.05) is 0 Å². The number of hydrogen-bond acceptors (Lipinski definition) is 6. The number of esters is 1. The summed E-state index contributed by atoms with van der Waals surface area (Å²) in [5.74, 6) is -3.77. The summed E-state index contributed by atoms with van der Waals surface area (Å²) in [6.07, 6.45) is 0.976. The molecule has 3 N–H and O–H groups in total. The number of ether oxygens (including phenoxy) is 1.